The molecule has 2 atom stereocenters. The van der Waals surface area contributed by atoms with E-state index in [1.807, 2.05) is 13.8 Å². The normalized spacial score (nSPS) is 29.0. The highest BCUT2D eigenvalue weighted by Crippen LogP contribution is 2.11. The van der Waals surface area contributed by atoms with Gasteiger partial charge in [-0.05, 0) is 6.42 Å². The Balaban J connectivity index is 0.000000461. The van der Waals surface area contributed by atoms with Gasteiger partial charge in [0.1, 0.15) is 6.04 Å². The van der Waals surface area contributed by atoms with Gasteiger partial charge in [0, 0.05) is 11.9 Å². The third-order valence-electron chi connectivity index (χ3n) is 1.38. The van der Waals surface area contributed by atoms with E-state index in [9.17, 15) is 4.79 Å². The lowest BCUT2D eigenvalue weighted by molar-refractivity contribution is -0.139. The van der Waals surface area contributed by atoms with Crippen molar-refractivity contribution in [1.82, 2.24) is 5.32 Å². The minimum Gasteiger partial charge on any atom is -0.480 e. The molecule has 3 nitrogen and oxygen atoms in total. The van der Waals surface area contributed by atoms with Gasteiger partial charge in [0.05, 0.1) is 0 Å². The van der Waals surface area contributed by atoms with Gasteiger partial charge in [0.25, 0.3) is 0 Å². The molecule has 1 aliphatic heterocycles. The molecule has 0 aromatic rings. The molecule has 1 heterocycles. The second-order valence-electron chi connectivity index (χ2n) is 2.13. The van der Waals surface area contributed by atoms with E-state index >= 15 is 0 Å². The molecular weight excluding hydrogens is 166 g/mol. The Kier molecular flexibility index (Phi) is 5.24. The van der Waals surface area contributed by atoms with Crippen molar-refractivity contribution in [3.63, 3.8) is 0 Å². The molecule has 1 saturated heterocycles. The number of rotatable bonds is 1. The van der Waals surface area contributed by atoms with Crippen LogP contribution < -0.4 is 5.32 Å². The van der Waals surface area contributed by atoms with Crippen molar-refractivity contribution in [2.24, 2.45) is 0 Å². The van der Waals surface area contributed by atoms with Gasteiger partial charge in [-0.3, -0.25) is 4.79 Å². The van der Waals surface area contributed by atoms with E-state index in [-0.39, 0.29) is 5.38 Å². The summed E-state index contributed by atoms with van der Waals surface area (Å²) in [5.41, 5.74) is 0. The average Bonchev–Trinajstić information content (AvgIpc) is 2.40. The van der Waals surface area contributed by atoms with Gasteiger partial charge in [0.15, 0.2) is 0 Å². The van der Waals surface area contributed by atoms with Gasteiger partial charge in [0.2, 0.25) is 0 Å². The zero-order valence-electron chi connectivity index (χ0n) is 6.80. The van der Waals surface area contributed by atoms with Crippen molar-refractivity contribution < 1.29 is 9.90 Å². The minimum atomic E-state index is -0.807. The fraction of sp³-hybridized carbons (Fsp3) is 0.857. The van der Waals surface area contributed by atoms with Crippen LogP contribution >= 0.6 is 11.6 Å². The van der Waals surface area contributed by atoms with E-state index in [0.717, 1.165) is 0 Å². The summed E-state index contributed by atoms with van der Waals surface area (Å²) in [5, 5.41) is 11.2. The van der Waals surface area contributed by atoms with E-state index in [0.29, 0.717) is 13.0 Å². The molecule has 2 unspecified atom stereocenters. The molecule has 0 amide bonds. The minimum absolute atomic E-state index is 0.00824. The number of halogens is 1. The number of carboxylic acid groups (broad SMARTS) is 1. The molecule has 0 spiro atoms. The SMILES string of the molecule is CC.O=C(O)C1CC(Cl)CN1. The summed E-state index contributed by atoms with van der Waals surface area (Å²) in [4.78, 5) is 10.2. The Morgan fingerprint density at radius 2 is 2.18 bits per heavy atom. The second kappa shape index (κ2) is 5.38. The summed E-state index contributed by atoms with van der Waals surface area (Å²) in [6.45, 7) is 4.61. The fourth-order valence-corrected chi connectivity index (χ4v) is 1.15. The first-order valence-electron chi connectivity index (χ1n) is 3.80. The topological polar surface area (TPSA) is 49.3 Å². The first kappa shape index (κ1) is 10.7. The van der Waals surface area contributed by atoms with Crippen LogP contribution in [0.15, 0.2) is 0 Å². The molecule has 0 bridgehead atoms. The Morgan fingerprint density at radius 3 is 2.36 bits per heavy atom. The predicted molar refractivity (Wildman–Crippen MR) is 45.0 cm³/mol. The Bertz CT molecular complexity index is 130. The Hall–Kier alpha value is -0.280. The molecule has 4 heteroatoms. The first-order chi connectivity index (χ1) is 5.20. The quantitative estimate of drug-likeness (QED) is 0.592. The summed E-state index contributed by atoms with van der Waals surface area (Å²) < 4.78 is 0. The van der Waals surface area contributed by atoms with Crippen molar-refractivity contribution in [3.05, 3.63) is 0 Å². The monoisotopic (exact) mass is 179 g/mol. The third kappa shape index (κ3) is 3.58. The van der Waals surface area contributed by atoms with Crippen LogP contribution in [0, 0.1) is 0 Å². The molecule has 1 fully saturated rings. The molecule has 1 aliphatic rings. The summed E-state index contributed by atoms with van der Waals surface area (Å²) in [7, 11) is 0. The zero-order valence-corrected chi connectivity index (χ0v) is 7.56. The summed E-state index contributed by atoms with van der Waals surface area (Å²) in [5.74, 6) is -0.807. The smallest absolute Gasteiger partial charge is 0.320 e. The van der Waals surface area contributed by atoms with Crippen molar-refractivity contribution in [3.8, 4) is 0 Å². The second-order valence-corrected chi connectivity index (χ2v) is 2.75. The van der Waals surface area contributed by atoms with Crippen LogP contribution in [0.1, 0.15) is 20.3 Å². The van der Waals surface area contributed by atoms with Crippen molar-refractivity contribution >= 4 is 17.6 Å². The van der Waals surface area contributed by atoms with Gasteiger partial charge in [-0.25, -0.2) is 0 Å². The van der Waals surface area contributed by atoms with Crippen LogP contribution in [0.5, 0.6) is 0 Å². The number of carboxylic acids is 1. The molecule has 0 radical (unpaired) electrons. The number of alkyl halides is 1. The largest absolute Gasteiger partial charge is 0.480 e. The summed E-state index contributed by atoms with van der Waals surface area (Å²) in [6, 6.07) is -0.424. The maximum Gasteiger partial charge on any atom is 0.320 e. The standard InChI is InChI=1S/C5H8ClNO2.C2H6/c6-3-1-4(5(8)9)7-2-3;1-2/h3-4,7H,1-2H2,(H,8,9);1-2H3. The van der Waals surface area contributed by atoms with Crippen molar-refractivity contribution in [2.75, 3.05) is 6.54 Å². The lowest BCUT2D eigenvalue weighted by Gasteiger charge is -1.99. The Labute approximate surface area is 71.7 Å². The predicted octanol–water partition coefficient (Wildman–Crippen LogP) is 1.07. The maximum absolute atomic E-state index is 10.2. The van der Waals surface area contributed by atoms with Gasteiger partial charge in [-0.15, -0.1) is 11.6 Å². The first-order valence-corrected chi connectivity index (χ1v) is 4.24. The molecule has 2 N–H and O–H groups in total. The van der Waals surface area contributed by atoms with Gasteiger partial charge >= 0.3 is 5.97 Å². The highest BCUT2D eigenvalue weighted by Gasteiger charge is 2.27. The fourth-order valence-electron chi connectivity index (χ4n) is 0.881. The van der Waals surface area contributed by atoms with Crippen molar-refractivity contribution in [1.29, 1.82) is 0 Å². The van der Waals surface area contributed by atoms with Crippen LogP contribution in [0.2, 0.25) is 0 Å². The number of carbonyl (C=O) groups is 1. The van der Waals surface area contributed by atoms with Gasteiger partial charge in [-0.1, -0.05) is 13.8 Å². The van der Waals surface area contributed by atoms with Crippen LogP contribution in [0.3, 0.4) is 0 Å². The lowest BCUT2D eigenvalue weighted by atomic mass is 10.2. The number of aliphatic carboxylic acids is 1. The van der Waals surface area contributed by atoms with E-state index in [4.69, 9.17) is 16.7 Å². The molecule has 11 heavy (non-hydrogen) atoms. The van der Waals surface area contributed by atoms with Crippen LogP contribution in [0.25, 0.3) is 0 Å². The van der Waals surface area contributed by atoms with E-state index < -0.39 is 12.0 Å². The molecule has 0 aromatic heterocycles. The zero-order chi connectivity index (χ0) is 8.85. The van der Waals surface area contributed by atoms with E-state index in [1.54, 1.807) is 0 Å². The molecule has 0 aliphatic carbocycles. The van der Waals surface area contributed by atoms with Crippen LogP contribution in [0.4, 0.5) is 0 Å². The van der Waals surface area contributed by atoms with Gasteiger partial charge in [-0.2, -0.15) is 0 Å². The molecule has 1 rings (SSSR count). The molecule has 0 saturated carbocycles. The van der Waals surface area contributed by atoms with Crippen LogP contribution in [-0.2, 0) is 4.79 Å². The summed E-state index contributed by atoms with van der Waals surface area (Å²) >= 11 is 5.63. The number of nitrogens with one attached hydrogen (secondary N) is 1. The highest BCUT2D eigenvalue weighted by atomic mass is 35.5. The highest BCUT2D eigenvalue weighted by molar-refractivity contribution is 6.21. The average molecular weight is 180 g/mol. The number of hydrogen-bond donors (Lipinski definition) is 2. The Morgan fingerprint density at radius 1 is 1.64 bits per heavy atom. The lowest BCUT2D eigenvalue weighted by Crippen LogP contribution is -2.29. The van der Waals surface area contributed by atoms with E-state index in [2.05, 4.69) is 5.32 Å². The van der Waals surface area contributed by atoms with E-state index in [1.165, 1.54) is 0 Å². The van der Waals surface area contributed by atoms with Gasteiger partial charge < -0.3 is 10.4 Å². The third-order valence-corrected chi connectivity index (χ3v) is 1.71. The summed E-state index contributed by atoms with van der Waals surface area (Å²) in [6.07, 6.45) is 0.539. The molecule has 66 valence electrons. The number of hydrogen-bond acceptors (Lipinski definition) is 2. The maximum atomic E-state index is 10.2. The van der Waals surface area contributed by atoms with Crippen molar-refractivity contribution in [2.45, 2.75) is 31.7 Å². The van der Waals surface area contributed by atoms with Crippen LogP contribution in [-0.4, -0.2) is 29.0 Å². The molecular formula is C7H14ClNO2. The molecule has 0 aromatic carbocycles.